The molecule has 2 rings (SSSR count). The molecule has 0 aliphatic carbocycles. The Morgan fingerprint density at radius 2 is 1.67 bits per heavy atom. The van der Waals surface area contributed by atoms with Crippen LogP contribution in [0.2, 0.25) is 0 Å². The molecule has 0 spiro atoms. The number of nitrogen functional groups attached to an aromatic ring is 1. The summed E-state index contributed by atoms with van der Waals surface area (Å²) in [6.45, 7) is 6.72. The molecule has 2 aromatic carbocycles. The number of nitrogens with one attached hydrogen (secondary N) is 1. The number of ether oxygens (including phenoxy) is 4. The van der Waals surface area contributed by atoms with Crippen molar-refractivity contribution in [3.8, 4) is 5.75 Å². The average molecular weight is 521 g/mol. The van der Waals surface area contributed by atoms with Crippen LogP contribution in [0.1, 0.15) is 20.8 Å². The zero-order valence-electron chi connectivity index (χ0n) is 21.6. The number of nitrogens with two attached hydrogens (primary N) is 1. The highest BCUT2D eigenvalue weighted by atomic mass is 32.2. The van der Waals surface area contributed by atoms with E-state index in [9.17, 15) is 13.2 Å². The summed E-state index contributed by atoms with van der Waals surface area (Å²) in [5.41, 5.74) is 7.12. The number of amides is 1. The van der Waals surface area contributed by atoms with Crippen LogP contribution in [0.15, 0.2) is 47.4 Å². The van der Waals surface area contributed by atoms with Gasteiger partial charge in [-0.05, 0) is 51.1 Å². The molecule has 0 saturated carbocycles. The molecule has 1 amide bonds. The Hall–Kier alpha value is -2.96. The third-order valence-electron chi connectivity index (χ3n) is 4.80. The lowest BCUT2D eigenvalue weighted by atomic mass is 9.96. The van der Waals surface area contributed by atoms with Gasteiger partial charge in [0.1, 0.15) is 24.1 Å². The second-order valence-corrected chi connectivity index (χ2v) is 10.8. The van der Waals surface area contributed by atoms with Gasteiger partial charge in [0.05, 0.1) is 45.8 Å². The Balaban J connectivity index is 1.92. The maximum atomic E-state index is 13.6. The van der Waals surface area contributed by atoms with E-state index in [1.165, 1.54) is 23.5 Å². The van der Waals surface area contributed by atoms with Gasteiger partial charge in [-0.25, -0.2) is 13.2 Å². The van der Waals surface area contributed by atoms with E-state index < -0.39 is 21.7 Å². The molecule has 0 atom stereocenters. The molecular weight excluding hydrogens is 485 g/mol. The van der Waals surface area contributed by atoms with Gasteiger partial charge >= 0.3 is 6.09 Å². The van der Waals surface area contributed by atoms with Crippen molar-refractivity contribution in [2.75, 3.05) is 56.7 Å². The van der Waals surface area contributed by atoms with Crippen molar-refractivity contribution in [3.05, 3.63) is 42.5 Å². The molecule has 0 saturated heterocycles. The van der Waals surface area contributed by atoms with E-state index in [1.54, 1.807) is 39.0 Å². The van der Waals surface area contributed by atoms with Crippen LogP contribution in [0.5, 0.6) is 5.75 Å². The number of hydrogen-bond acceptors (Lipinski definition) is 8. The molecule has 0 aliphatic rings. The zero-order chi connectivity index (χ0) is 26.8. The van der Waals surface area contributed by atoms with Crippen molar-refractivity contribution < 1.29 is 32.2 Å². The summed E-state index contributed by atoms with van der Waals surface area (Å²) < 4.78 is 49.9. The Morgan fingerprint density at radius 1 is 1.03 bits per heavy atom. The number of carbonyl (C=O) groups is 1. The minimum atomic E-state index is -3.99. The van der Waals surface area contributed by atoms with Crippen molar-refractivity contribution in [3.63, 3.8) is 0 Å². The number of alkyl carbamates (subject to hydrolysis) is 1. The lowest BCUT2D eigenvalue weighted by Gasteiger charge is -2.25. The van der Waals surface area contributed by atoms with Gasteiger partial charge in [0.2, 0.25) is 0 Å². The van der Waals surface area contributed by atoms with Crippen molar-refractivity contribution in [2.24, 2.45) is 0 Å². The number of methoxy groups -OCH3 is 1. The summed E-state index contributed by atoms with van der Waals surface area (Å²) in [5.74, 6) is 0.204. The molecule has 0 fully saturated rings. The van der Waals surface area contributed by atoms with Crippen molar-refractivity contribution in [1.82, 2.24) is 5.32 Å². The Bertz CT molecular complexity index is 1090. The second kappa shape index (κ2) is 13.4. The van der Waals surface area contributed by atoms with E-state index in [1.807, 2.05) is 20.0 Å². The van der Waals surface area contributed by atoms with E-state index in [0.29, 0.717) is 24.5 Å². The quantitative estimate of drug-likeness (QED) is 0.229. The number of hydrogen-bond donors (Lipinski definition) is 2. The molecule has 36 heavy (non-hydrogen) atoms. The summed E-state index contributed by atoms with van der Waals surface area (Å²) in [5, 5.41) is 2.60. The highest BCUT2D eigenvalue weighted by molar-refractivity contribution is 7.93. The SMILES string of the molecule is Bc1ccc(N(CCOCCOCCNC(=O)OC(C)(C)C)S(=O)(=O)c2cc(N)ccc2OC)cc1. The summed E-state index contributed by atoms with van der Waals surface area (Å²) in [6, 6.07) is 11.7. The number of benzene rings is 2. The molecule has 0 aliphatic heterocycles. The van der Waals surface area contributed by atoms with Crippen molar-refractivity contribution in [1.29, 1.82) is 0 Å². The van der Waals surface area contributed by atoms with Gasteiger partial charge in [0.25, 0.3) is 10.0 Å². The van der Waals surface area contributed by atoms with Gasteiger partial charge in [-0.3, -0.25) is 4.31 Å². The minimum Gasteiger partial charge on any atom is -0.495 e. The van der Waals surface area contributed by atoms with Crippen LogP contribution in [-0.4, -0.2) is 74.6 Å². The van der Waals surface area contributed by atoms with Gasteiger partial charge in [0, 0.05) is 12.2 Å². The monoisotopic (exact) mass is 521 g/mol. The summed E-state index contributed by atoms with van der Waals surface area (Å²) in [4.78, 5) is 11.6. The van der Waals surface area contributed by atoms with Gasteiger partial charge in [-0.15, -0.1) is 0 Å². The molecule has 0 aromatic heterocycles. The Kier molecular flexibility index (Phi) is 10.9. The van der Waals surface area contributed by atoms with Crippen LogP contribution in [-0.2, 0) is 24.2 Å². The van der Waals surface area contributed by atoms with E-state index in [-0.39, 0.29) is 37.0 Å². The topological polar surface area (TPSA) is 129 Å². The number of nitrogens with zero attached hydrogens (tertiary/aromatic N) is 1. The molecule has 198 valence electrons. The Labute approximate surface area is 214 Å². The van der Waals surface area contributed by atoms with Gasteiger partial charge in [-0.2, -0.15) is 0 Å². The lowest BCUT2D eigenvalue weighted by Crippen LogP contribution is -2.35. The molecule has 3 N–H and O–H groups in total. The number of sulfonamides is 1. The molecule has 0 unspecified atom stereocenters. The molecule has 2 aromatic rings. The fraction of sp³-hybridized carbons (Fsp3) is 0.458. The second-order valence-electron chi connectivity index (χ2n) is 8.98. The normalized spacial score (nSPS) is 11.7. The van der Waals surface area contributed by atoms with Crippen LogP contribution in [0.4, 0.5) is 16.2 Å². The standard InChI is InChI=1S/C24H36BN3O7S/c1-24(2,3)35-23(29)27-11-13-33-15-16-34-14-12-28(20-8-5-18(25)6-9-20)36(30,31)22-17-19(26)7-10-21(22)32-4/h5-10,17H,11-16,25-26H2,1-4H3,(H,27,29). The molecule has 0 radical (unpaired) electrons. The molecule has 10 nitrogen and oxygen atoms in total. The maximum Gasteiger partial charge on any atom is 0.407 e. The van der Waals surface area contributed by atoms with Gasteiger partial charge in [-0.1, -0.05) is 17.6 Å². The van der Waals surface area contributed by atoms with E-state index in [4.69, 9.17) is 24.7 Å². The van der Waals surface area contributed by atoms with Crippen LogP contribution in [0.3, 0.4) is 0 Å². The predicted molar refractivity (Wildman–Crippen MR) is 142 cm³/mol. The number of rotatable bonds is 13. The number of carbonyl (C=O) groups excluding carboxylic acids is 1. The van der Waals surface area contributed by atoms with Crippen molar-refractivity contribution in [2.45, 2.75) is 31.3 Å². The highest BCUT2D eigenvalue weighted by Gasteiger charge is 2.28. The van der Waals surface area contributed by atoms with Crippen LogP contribution in [0, 0.1) is 0 Å². The minimum absolute atomic E-state index is 0.0219. The fourth-order valence-electron chi connectivity index (χ4n) is 3.12. The van der Waals surface area contributed by atoms with Gasteiger partial charge < -0.3 is 30.0 Å². The first kappa shape index (κ1) is 29.3. The van der Waals surface area contributed by atoms with E-state index >= 15 is 0 Å². The predicted octanol–water partition coefficient (Wildman–Crippen LogP) is 1.29. The summed E-state index contributed by atoms with van der Waals surface area (Å²) >= 11 is 0. The third kappa shape index (κ3) is 9.25. The van der Waals surface area contributed by atoms with Gasteiger partial charge in [0.15, 0.2) is 0 Å². The zero-order valence-corrected chi connectivity index (χ0v) is 22.4. The maximum absolute atomic E-state index is 13.6. The third-order valence-corrected chi connectivity index (χ3v) is 6.65. The number of anilines is 2. The fourth-order valence-corrected chi connectivity index (χ4v) is 4.76. The highest BCUT2D eigenvalue weighted by Crippen LogP contribution is 2.31. The lowest BCUT2D eigenvalue weighted by molar-refractivity contribution is 0.0412. The van der Waals surface area contributed by atoms with Crippen molar-refractivity contribution >= 4 is 40.8 Å². The molecule has 0 heterocycles. The van der Waals surface area contributed by atoms with E-state index in [2.05, 4.69) is 5.32 Å². The summed E-state index contributed by atoms with van der Waals surface area (Å²) in [7, 11) is -0.657. The van der Waals surface area contributed by atoms with Crippen LogP contribution in [0.25, 0.3) is 0 Å². The molecule has 12 heteroatoms. The first-order chi connectivity index (χ1) is 16.9. The Morgan fingerprint density at radius 3 is 2.28 bits per heavy atom. The largest absolute Gasteiger partial charge is 0.495 e. The molecule has 0 bridgehead atoms. The first-order valence-electron chi connectivity index (χ1n) is 11.6. The average Bonchev–Trinajstić information content (AvgIpc) is 2.80. The van der Waals surface area contributed by atoms with Crippen LogP contribution < -0.4 is 25.6 Å². The summed E-state index contributed by atoms with van der Waals surface area (Å²) in [6.07, 6.45) is -0.503. The molecular formula is C24H36BN3O7S. The van der Waals surface area contributed by atoms with Crippen LogP contribution >= 0.6 is 0 Å². The first-order valence-corrected chi connectivity index (χ1v) is 13.0. The van der Waals surface area contributed by atoms with E-state index in [0.717, 1.165) is 5.46 Å². The smallest absolute Gasteiger partial charge is 0.407 e.